The Balaban J connectivity index is 1.30. The average molecular weight is 478 g/mol. The summed E-state index contributed by atoms with van der Waals surface area (Å²) in [6, 6.07) is 11.4. The molecule has 10 heteroatoms. The molecular weight excluding hydrogens is 454 g/mol. The zero-order chi connectivity index (χ0) is 21.4. The van der Waals surface area contributed by atoms with Crippen molar-refractivity contribution in [1.29, 1.82) is 0 Å². The number of sulfonamides is 1. The second-order valence-corrected chi connectivity index (χ2v) is 12.1. The molecule has 0 bridgehead atoms. The minimum absolute atomic E-state index is 0.00131. The molecule has 0 radical (unpaired) electrons. The molecule has 1 atom stereocenters. The van der Waals surface area contributed by atoms with Crippen LogP contribution in [-0.2, 0) is 26.0 Å². The number of fused-ring (bicyclic) bond motifs is 1. The predicted octanol–water partition coefficient (Wildman–Crippen LogP) is 3.28. The van der Waals surface area contributed by atoms with Crippen LogP contribution in [0.4, 0.5) is 0 Å². The van der Waals surface area contributed by atoms with Crippen molar-refractivity contribution in [3.05, 3.63) is 46.3 Å². The van der Waals surface area contributed by atoms with Crippen LogP contribution in [0.25, 0.3) is 10.2 Å². The molecule has 7 nitrogen and oxygen atoms in total. The van der Waals surface area contributed by atoms with E-state index in [0.29, 0.717) is 37.1 Å². The van der Waals surface area contributed by atoms with Crippen molar-refractivity contribution < 1.29 is 17.9 Å². The van der Waals surface area contributed by atoms with Gasteiger partial charge in [-0.05, 0) is 37.1 Å². The second-order valence-electron chi connectivity index (χ2n) is 7.68. The number of likely N-dealkylation sites (tertiary alicyclic amines) is 1. The number of hydrogen-bond donors (Lipinski definition) is 0. The number of carbonyl (C=O) groups excluding carboxylic acids is 1. The maximum Gasteiger partial charge on any atom is 0.252 e. The van der Waals surface area contributed by atoms with Gasteiger partial charge in [0.2, 0.25) is 5.91 Å². The number of hydrogen-bond acceptors (Lipinski definition) is 7. The molecule has 1 unspecified atom stereocenters. The molecule has 5 rings (SSSR count). The first-order chi connectivity index (χ1) is 15.0. The summed E-state index contributed by atoms with van der Waals surface area (Å²) < 4.78 is 33.8. The van der Waals surface area contributed by atoms with Crippen molar-refractivity contribution in [2.75, 3.05) is 32.8 Å². The van der Waals surface area contributed by atoms with Gasteiger partial charge in [0.25, 0.3) is 10.0 Å². The highest BCUT2D eigenvalue weighted by atomic mass is 32.2. The van der Waals surface area contributed by atoms with E-state index in [2.05, 4.69) is 6.07 Å². The lowest BCUT2D eigenvalue weighted by Gasteiger charge is -2.25. The number of ether oxygens (including phenoxy) is 1. The van der Waals surface area contributed by atoms with Gasteiger partial charge in [0.05, 0.1) is 35.9 Å². The topological polar surface area (TPSA) is 79.8 Å². The molecular formula is C21H23N3O4S3. The van der Waals surface area contributed by atoms with Crippen LogP contribution in [0.5, 0.6) is 0 Å². The summed E-state index contributed by atoms with van der Waals surface area (Å²) in [5, 5.41) is 0.980. The Bertz CT molecular complexity index is 1160. The molecule has 164 valence electrons. The third-order valence-electron chi connectivity index (χ3n) is 5.70. The highest BCUT2D eigenvalue weighted by Gasteiger charge is 2.33. The van der Waals surface area contributed by atoms with Crippen molar-refractivity contribution in [3.63, 3.8) is 0 Å². The summed E-state index contributed by atoms with van der Waals surface area (Å²) in [5.41, 5.74) is 0.970. The quantitative estimate of drug-likeness (QED) is 0.563. The summed E-state index contributed by atoms with van der Waals surface area (Å²) in [7, 11) is -3.53. The molecule has 4 heterocycles. The predicted molar refractivity (Wildman–Crippen MR) is 121 cm³/mol. The van der Waals surface area contributed by atoms with Crippen LogP contribution in [0.3, 0.4) is 0 Å². The Hall–Kier alpha value is -1.85. The Morgan fingerprint density at radius 1 is 1.10 bits per heavy atom. The molecule has 31 heavy (non-hydrogen) atoms. The fourth-order valence-corrected chi connectivity index (χ4v) is 8.14. The van der Waals surface area contributed by atoms with Gasteiger partial charge in [0, 0.05) is 24.5 Å². The number of para-hydroxylation sites is 1. The van der Waals surface area contributed by atoms with Crippen LogP contribution in [0.15, 0.2) is 40.6 Å². The Morgan fingerprint density at radius 2 is 1.90 bits per heavy atom. The number of thiazole rings is 1. The molecule has 2 fully saturated rings. The largest absolute Gasteiger partial charge is 0.379 e. The Morgan fingerprint density at radius 3 is 2.71 bits per heavy atom. The van der Waals surface area contributed by atoms with Gasteiger partial charge in [-0.15, -0.1) is 22.7 Å². The van der Waals surface area contributed by atoms with Crippen molar-refractivity contribution in [2.24, 2.45) is 0 Å². The molecule has 3 aromatic rings. The third kappa shape index (κ3) is 4.14. The first kappa shape index (κ1) is 21.0. The number of amides is 1. The minimum Gasteiger partial charge on any atom is -0.379 e. The van der Waals surface area contributed by atoms with Crippen LogP contribution in [0.2, 0.25) is 0 Å². The molecule has 2 saturated heterocycles. The highest BCUT2D eigenvalue weighted by molar-refractivity contribution is 7.91. The van der Waals surface area contributed by atoms with Crippen molar-refractivity contribution in [3.8, 4) is 0 Å². The van der Waals surface area contributed by atoms with E-state index in [1.165, 1.54) is 15.6 Å². The van der Waals surface area contributed by atoms with Gasteiger partial charge < -0.3 is 9.64 Å². The molecule has 1 aromatic carbocycles. The smallest absolute Gasteiger partial charge is 0.252 e. The summed E-state index contributed by atoms with van der Waals surface area (Å²) in [6.45, 7) is 2.28. The van der Waals surface area contributed by atoms with Crippen LogP contribution in [0, 0.1) is 0 Å². The summed E-state index contributed by atoms with van der Waals surface area (Å²) in [4.78, 5) is 20.5. The van der Waals surface area contributed by atoms with Gasteiger partial charge in [0.15, 0.2) is 0 Å². The SMILES string of the molecule is O=C(Cc1ccc(S(=O)(=O)N2CCOCC2)s1)N1CCCC1c1nc2ccccc2s1. The molecule has 1 amide bonds. The fraction of sp³-hybridized carbons (Fsp3) is 0.429. The van der Waals surface area contributed by atoms with Crippen molar-refractivity contribution in [2.45, 2.75) is 29.5 Å². The number of thiophene rings is 1. The molecule has 2 aliphatic rings. The van der Waals surface area contributed by atoms with E-state index in [1.54, 1.807) is 23.5 Å². The van der Waals surface area contributed by atoms with Gasteiger partial charge in [-0.2, -0.15) is 4.31 Å². The van der Waals surface area contributed by atoms with Crippen LogP contribution in [-0.4, -0.2) is 61.4 Å². The third-order valence-corrected chi connectivity index (χ3v) is 10.3. The molecule has 0 aliphatic carbocycles. The number of nitrogens with zero attached hydrogens (tertiary/aromatic N) is 3. The maximum absolute atomic E-state index is 13.1. The zero-order valence-electron chi connectivity index (χ0n) is 16.9. The second kappa shape index (κ2) is 8.59. The van der Waals surface area contributed by atoms with Crippen LogP contribution < -0.4 is 0 Å². The van der Waals surface area contributed by atoms with Crippen LogP contribution in [0.1, 0.15) is 28.8 Å². The molecule has 2 aromatic heterocycles. The number of rotatable bonds is 5. The Kier molecular flexibility index (Phi) is 5.82. The van der Waals surface area contributed by atoms with Crippen LogP contribution >= 0.6 is 22.7 Å². The minimum atomic E-state index is -3.53. The first-order valence-electron chi connectivity index (χ1n) is 10.3. The zero-order valence-corrected chi connectivity index (χ0v) is 19.3. The van der Waals surface area contributed by atoms with Gasteiger partial charge in [-0.25, -0.2) is 13.4 Å². The summed E-state index contributed by atoms with van der Waals surface area (Å²) in [6.07, 6.45) is 2.07. The lowest BCUT2D eigenvalue weighted by molar-refractivity contribution is -0.131. The molecule has 2 aliphatic heterocycles. The van der Waals surface area contributed by atoms with E-state index in [0.717, 1.165) is 32.9 Å². The first-order valence-corrected chi connectivity index (χ1v) is 13.4. The normalized spacial score (nSPS) is 20.5. The van der Waals surface area contributed by atoms with E-state index in [-0.39, 0.29) is 18.4 Å². The highest BCUT2D eigenvalue weighted by Crippen LogP contribution is 2.37. The van der Waals surface area contributed by atoms with Gasteiger partial charge in [-0.3, -0.25) is 4.79 Å². The number of carbonyl (C=O) groups is 1. The monoisotopic (exact) mass is 477 g/mol. The van der Waals surface area contributed by atoms with Gasteiger partial charge in [0.1, 0.15) is 9.22 Å². The van der Waals surface area contributed by atoms with E-state index < -0.39 is 10.0 Å². The maximum atomic E-state index is 13.1. The molecule has 0 spiro atoms. The number of benzene rings is 1. The Labute approximate surface area is 189 Å². The summed E-state index contributed by atoms with van der Waals surface area (Å²) in [5.74, 6) is 0.0268. The van der Waals surface area contributed by atoms with Crippen molar-refractivity contribution >= 4 is 48.8 Å². The lowest BCUT2D eigenvalue weighted by Crippen LogP contribution is -2.40. The summed E-state index contributed by atoms with van der Waals surface area (Å²) >= 11 is 2.84. The fourth-order valence-electron chi connectivity index (χ4n) is 4.11. The van der Waals surface area contributed by atoms with E-state index in [4.69, 9.17) is 9.72 Å². The van der Waals surface area contributed by atoms with E-state index in [9.17, 15) is 13.2 Å². The van der Waals surface area contributed by atoms with Crippen molar-refractivity contribution in [1.82, 2.24) is 14.2 Å². The van der Waals surface area contributed by atoms with Gasteiger partial charge in [-0.1, -0.05) is 12.1 Å². The number of morpholine rings is 1. The van der Waals surface area contributed by atoms with E-state index in [1.807, 2.05) is 23.1 Å². The van der Waals surface area contributed by atoms with E-state index >= 15 is 0 Å². The lowest BCUT2D eigenvalue weighted by atomic mass is 10.2. The standard InChI is InChI=1S/C21H23N3O4S3/c25-19(14-15-7-8-20(29-15)31(26,27)23-10-12-28-13-11-23)24-9-3-5-17(24)21-22-16-4-1-2-6-18(16)30-21/h1-2,4,6-8,17H,3,5,9-14H2. The number of aromatic nitrogens is 1. The molecule has 0 saturated carbocycles. The van der Waals surface area contributed by atoms with Gasteiger partial charge >= 0.3 is 0 Å². The average Bonchev–Trinajstić information content (AvgIpc) is 3.52. The molecule has 0 N–H and O–H groups in total.